The van der Waals surface area contributed by atoms with E-state index in [9.17, 15) is 18.0 Å². The summed E-state index contributed by atoms with van der Waals surface area (Å²) in [5.74, 6) is 0.340. The van der Waals surface area contributed by atoms with Crippen molar-refractivity contribution in [3.63, 3.8) is 0 Å². The summed E-state index contributed by atoms with van der Waals surface area (Å²) in [6, 6.07) is 1.44. The predicted octanol–water partition coefficient (Wildman–Crippen LogP) is 0.516. The molecule has 1 aromatic rings. The van der Waals surface area contributed by atoms with Crippen molar-refractivity contribution in [2.24, 2.45) is 5.41 Å². The lowest BCUT2D eigenvalue weighted by Gasteiger charge is -2.54. The van der Waals surface area contributed by atoms with Gasteiger partial charge >= 0.3 is 6.03 Å². The van der Waals surface area contributed by atoms with E-state index in [0.29, 0.717) is 13.1 Å². The number of aromatic amines is 1. The number of hydrogen-bond donors (Lipinski definition) is 2. The van der Waals surface area contributed by atoms with Crippen LogP contribution in [-0.2, 0) is 22.7 Å². The topological polar surface area (TPSA) is 99.3 Å². The monoisotopic (exact) mass is 337 g/mol. The third kappa shape index (κ3) is 2.54. The van der Waals surface area contributed by atoms with Gasteiger partial charge in [-0.25, -0.2) is 13.2 Å². The van der Waals surface area contributed by atoms with Crippen molar-refractivity contribution in [3.8, 4) is 0 Å². The van der Waals surface area contributed by atoms with Gasteiger partial charge in [-0.2, -0.15) is 0 Å². The summed E-state index contributed by atoms with van der Waals surface area (Å²) in [5, 5.41) is 2.66. The quantitative estimate of drug-likeness (QED) is 0.780. The van der Waals surface area contributed by atoms with Crippen LogP contribution in [0, 0.1) is 5.41 Å². The smallest absolute Gasteiger partial charge is 0.322 e. The van der Waals surface area contributed by atoms with Gasteiger partial charge in [-0.15, -0.1) is 0 Å². The number of nitrogens with one attached hydrogen (secondary N) is 2. The van der Waals surface area contributed by atoms with Crippen molar-refractivity contribution < 1.29 is 13.2 Å². The van der Waals surface area contributed by atoms with E-state index < -0.39 is 9.84 Å². The van der Waals surface area contributed by atoms with E-state index in [4.69, 9.17) is 0 Å². The van der Waals surface area contributed by atoms with E-state index in [2.05, 4.69) is 10.3 Å². The molecule has 0 radical (unpaired) electrons. The van der Waals surface area contributed by atoms with Gasteiger partial charge < -0.3 is 15.2 Å². The SMILES string of the molecule is O=C(Nc1cc2c([nH]c1=O)CCCC2)N1CC2(C1)CS(=O)(=O)C2. The minimum absolute atomic E-state index is 0.170. The number of fused-ring (bicyclic) bond motifs is 1. The van der Waals surface area contributed by atoms with Crippen LogP contribution in [0.2, 0.25) is 0 Å². The molecule has 0 bridgehead atoms. The maximum absolute atomic E-state index is 12.2. The fraction of sp³-hybridized carbons (Fsp3) is 0.600. The van der Waals surface area contributed by atoms with Gasteiger partial charge in [-0.3, -0.25) is 4.79 Å². The number of hydrogen-bond acceptors (Lipinski definition) is 4. The summed E-state index contributed by atoms with van der Waals surface area (Å²) < 4.78 is 22.6. The molecule has 0 saturated carbocycles. The molecule has 2 amide bonds. The van der Waals surface area contributed by atoms with Crippen molar-refractivity contribution in [2.45, 2.75) is 25.7 Å². The molecule has 2 aliphatic heterocycles. The summed E-state index contributed by atoms with van der Waals surface area (Å²) in [6.07, 6.45) is 3.96. The molecule has 1 aromatic heterocycles. The van der Waals surface area contributed by atoms with Gasteiger partial charge in [0.05, 0.1) is 11.5 Å². The van der Waals surface area contributed by atoms with Gasteiger partial charge in [0.1, 0.15) is 5.69 Å². The normalized spacial score (nSPS) is 23.6. The zero-order valence-corrected chi connectivity index (χ0v) is 13.5. The molecule has 3 heterocycles. The highest BCUT2D eigenvalue weighted by Gasteiger charge is 2.57. The molecule has 8 heteroatoms. The highest BCUT2D eigenvalue weighted by Crippen LogP contribution is 2.41. The number of H-pyrrole nitrogens is 1. The summed E-state index contributed by atoms with van der Waals surface area (Å²) in [4.78, 5) is 28.7. The molecule has 2 N–H and O–H groups in total. The molecule has 7 nitrogen and oxygen atoms in total. The minimum atomic E-state index is -2.89. The number of pyridine rings is 1. The third-order valence-electron chi connectivity index (χ3n) is 4.97. The van der Waals surface area contributed by atoms with Gasteiger partial charge in [0.25, 0.3) is 5.56 Å². The number of carbonyl (C=O) groups is 1. The zero-order chi connectivity index (χ0) is 16.2. The van der Waals surface area contributed by atoms with E-state index in [-0.39, 0.29) is 34.2 Å². The number of sulfone groups is 1. The van der Waals surface area contributed by atoms with Gasteiger partial charge in [0, 0.05) is 24.2 Å². The Morgan fingerprint density at radius 1 is 1.22 bits per heavy atom. The maximum atomic E-state index is 12.2. The van der Waals surface area contributed by atoms with E-state index in [1.165, 1.54) is 0 Å². The van der Waals surface area contributed by atoms with Crippen LogP contribution in [0.15, 0.2) is 10.9 Å². The van der Waals surface area contributed by atoms with E-state index in [1.54, 1.807) is 11.0 Å². The lowest BCUT2D eigenvalue weighted by molar-refractivity contribution is 0.0618. The fourth-order valence-corrected chi connectivity index (χ4v) is 6.09. The number of anilines is 1. The van der Waals surface area contributed by atoms with E-state index in [1.807, 2.05) is 0 Å². The predicted molar refractivity (Wildman–Crippen MR) is 85.4 cm³/mol. The van der Waals surface area contributed by atoms with Gasteiger partial charge in [0.2, 0.25) is 0 Å². The molecule has 23 heavy (non-hydrogen) atoms. The van der Waals surface area contributed by atoms with Crippen LogP contribution in [-0.4, -0.2) is 48.9 Å². The zero-order valence-electron chi connectivity index (χ0n) is 12.7. The van der Waals surface area contributed by atoms with Gasteiger partial charge in [-0.05, 0) is 37.3 Å². The number of carbonyl (C=O) groups excluding carboxylic acids is 1. The molecule has 4 rings (SSSR count). The maximum Gasteiger partial charge on any atom is 0.322 e. The summed E-state index contributed by atoms with van der Waals surface area (Å²) in [5.41, 5.74) is 1.83. The van der Waals surface area contributed by atoms with Crippen molar-refractivity contribution in [1.29, 1.82) is 0 Å². The Balaban J connectivity index is 1.43. The molecule has 3 aliphatic rings. The minimum Gasteiger partial charge on any atom is -0.324 e. The fourth-order valence-electron chi connectivity index (χ4n) is 3.94. The van der Waals surface area contributed by atoms with E-state index in [0.717, 1.165) is 36.9 Å². The number of aromatic nitrogens is 1. The van der Waals surface area contributed by atoms with Crippen LogP contribution in [0.1, 0.15) is 24.1 Å². The molecular formula is C15H19N3O4S. The van der Waals surface area contributed by atoms with Crippen LogP contribution in [0.25, 0.3) is 0 Å². The molecule has 0 atom stereocenters. The van der Waals surface area contributed by atoms with Crippen LogP contribution >= 0.6 is 0 Å². The number of aryl methyl sites for hydroxylation is 2. The number of nitrogens with zero attached hydrogens (tertiary/aromatic N) is 1. The molecule has 2 saturated heterocycles. The van der Waals surface area contributed by atoms with Gasteiger partial charge in [0.15, 0.2) is 9.84 Å². The molecule has 1 spiro atoms. The van der Waals surface area contributed by atoms with Crippen LogP contribution in [0.5, 0.6) is 0 Å². The second-order valence-electron chi connectivity index (χ2n) is 7.04. The van der Waals surface area contributed by atoms with Crippen LogP contribution < -0.4 is 10.9 Å². The Labute approximate surface area is 134 Å². The average molecular weight is 337 g/mol. The summed E-state index contributed by atoms with van der Waals surface area (Å²) >= 11 is 0. The number of urea groups is 1. The average Bonchev–Trinajstić information content (AvgIpc) is 2.42. The molecule has 0 aromatic carbocycles. The highest BCUT2D eigenvalue weighted by atomic mass is 32.2. The molecular weight excluding hydrogens is 318 g/mol. The van der Waals surface area contributed by atoms with Crippen LogP contribution in [0.4, 0.5) is 10.5 Å². The molecule has 2 fully saturated rings. The molecule has 124 valence electrons. The first-order valence-electron chi connectivity index (χ1n) is 7.87. The second-order valence-corrected chi connectivity index (χ2v) is 9.11. The molecule has 0 unspecified atom stereocenters. The number of rotatable bonds is 1. The Morgan fingerprint density at radius 2 is 1.91 bits per heavy atom. The number of amides is 2. The highest BCUT2D eigenvalue weighted by molar-refractivity contribution is 7.92. The first-order valence-corrected chi connectivity index (χ1v) is 9.70. The lowest BCUT2D eigenvalue weighted by atomic mass is 9.83. The summed E-state index contributed by atoms with van der Waals surface area (Å²) in [7, 11) is -2.89. The first kappa shape index (κ1) is 14.7. The molecule has 1 aliphatic carbocycles. The van der Waals surface area contributed by atoms with E-state index >= 15 is 0 Å². The number of likely N-dealkylation sites (tertiary alicyclic amines) is 1. The Kier molecular flexibility index (Phi) is 3.10. The van der Waals surface area contributed by atoms with Crippen molar-refractivity contribution in [3.05, 3.63) is 27.7 Å². The van der Waals surface area contributed by atoms with Crippen LogP contribution in [0.3, 0.4) is 0 Å². The third-order valence-corrected chi connectivity index (χ3v) is 7.08. The Morgan fingerprint density at radius 3 is 2.61 bits per heavy atom. The second kappa shape index (κ2) is 4.83. The van der Waals surface area contributed by atoms with Gasteiger partial charge in [-0.1, -0.05) is 0 Å². The Hall–Kier alpha value is -1.83. The largest absolute Gasteiger partial charge is 0.324 e. The first-order chi connectivity index (χ1) is 10.9. The summed E-state index contributed by atoms with van der Waals surface area (Å²) in [6.45, 7) is 0.891. The lowest BCUT2D eigenvalue weighted by Crippen LogP contribution is -2.69. The van der Waals surface area contributed by atoms with Crippen molar-refractivity contribution in [1.82, 2.24) is 9.88 Å². The van der Waals surface area contributed by atoms with Crippen molar-refractivity contribution >= 4 is 21.6 Å². The standard InChI is InChI=1S/C15H19N3O4S/c19-13-12(5-10-3-1-2-4-11(10)16-13)17-14(20)18-6-15(7-18)8-23(21,22)9-15/h5H,1-4,6-9H2,(H,16,19)(H,17,20). The van der Waals surface area contributed by atoms with Crippen molar-refractivity contribution in [2.75, 3.05) is 29.9 Å². The Bertz CT molecular complexity index is 823.